The van der Waals surface area contributed by atoms with Crippen molar-refractivity contribution < 1.29 is 13.2 Å². The van der Waals surface area contributed by atoms with Crippen LogP contribution in [0.4, 0.5) is 0 Å². The summed E-state index contributed by atoms with van der Waals surface area (Å²) in [5.41, 5.74) is 0. The Kier molecular flexibility index (Phi) is 7.06. The summed E-state index contributed by atoms with van der Waals surface area (Å²) in [7, 11) is -2.24. The molecule has 0 radical (unpaired) electrons. The van der Waals surface area contributed by atoms with E-state index in [2.05, 4.69) is 36.6 Å². The lowest BCUT2D eigenvalue weighted by atomic mass is 10.4. The van der Waals surface area contributed by atoms with Crippen LogP contribution < -0.4 is 4.72 Å². The maximum Gasteiger partial charge on any atom is 0.243 e. The fraction of sp³-hybridized carbons (Fsp3) is 0.400. The van der Waals surface area contributed by atoms with Gasteiger partial charge in [-0.1, -0.05) is 55.1 Å². The van der Waals surface area contributed by atoms with Crippen molar-refractivity contribution in [2.24, 2.45) is 0 Å². The van der Waals surface area contributed by atoms with Gasteiger partial charge in [-0.15, -0.1) is 0 Å². The molecule has 1 aromatic rings. The van der Waals surface area contributed by atoms with Gasteiger partial charge in [-0.3, -0.25) is 0 Å². The number of hydrogen-bond acceptors (Lipinski definition) is 3. The van der Waals surface area contributed by atoms with Crippen LogP contribution in [0.3, 0.4) is 0 Å². The van der Waals surface area contributed by atoms with Crippen molar-refractivity contribution in [3.8, 4) is 0 Å². The molecule has 0 aromatic heterocycles. The molecule has 19 heavy (non-hydrogen) atoms. The van der Waals surface area contributed by atoms with Crippen LogP contribution in [0, 0.1) is 0 Å². The average Bonchev–Trinajstić information content (AvgIpc) is 2.25. The highest BCUT2D eigenvalue weighted by Crippen LogP contribution is 2.32. The van der Waals surface area contributed by atoms with Gasteiger partial charge in [-0.2, -0.15) is 0 Å². The Morgan fingerprint density at radius 3 is 2.37 bits per heavy atom. The number of halogens is 4. The second kappa shape index (κ2) is 7.59. The summed E-state index contributed by atoms with van der Waals surface area (Å²) < 4.78 is 32.2. The minimum absolute atomic E-state index is 0.0599. The van der Waals surface area contributed by atoms with Crippen LogP contribution in [0.2, 0.25) is 10.0 Å². The molecule has 1 N–H and O–H groups in total. The highest BCUT2D eigenvalue weighted by molar-refractivity contribution is 9.10. The number of ether oxygens (including phenoxy) is 1. The van der Waals surface area contributed by atoms with Crippen molar-refractivity contribution in [3.05, 3.63) is 26.7 Å². The van der Waals surface area contributed by atoms with E-state index in [4.69, 9.17) is 27.9 Å². The first-order chi connectivity index (χ1) is 8.77. The first-order valence-electron chi connectivity index (χ1n) is 5.05. The SMILES string of the molecule is COCC(Br)CNS(=O)(=O)c1c(Cl)cc(Br)cc1Cl. The monoisotopic (exact) mass is 453 g/mol. The van der Waals surface area contributed by atoms with Gasteiger partial charge < -0.3 is 4.74 Å². The van der Waals surface area contributed by atoms with Gasteiger partial charge in [-0.25, -0.2) is 13.1 Å². The lowest BCUT2D eigenvalue weighted by Crippen LogP contribution is -2.31. The normalized spacial score (nSPS) is 13.5. The van der Waals surface area contributed by atoms with Crippen LogP contribution in [0.25, 0.3) is 0 Å². The Bertz CT molecular complexity index is 531. The Morgan fingerprint density at radius 1 is 1.37 bits per heavy atom. The molecular weight excluding hydrogens is 445 g/mol. The quantitative estimate of drug-likeness (QED) is 0.668. The topological polar surface area (TPSA) is 55.4 Å². The molecule has 0 spiro atoms. The Morgan fingerprint density at radius 2 is 1.89 bits per heavy atom. The van der Waals surface area contributed by atoms with Crippen molar-refractivity contribution in [2.45, 2.75) is 9.72 Å². The molecule has 0 aliphatic carbocycles. The van der Waals surface area contributed by atoms with Gasteiger partial charge >= 0.3 is 0 Å². The Labute approximate surface area is 139 Å². The van der Waals surface area contributed by atoms with Crippen LogP contribution in [-0.4, -0.2) is 33.5 Å². The minimum atomic E-state index is -3.77. The smallest absolute Gasteiger partial charge is 0.243 e. The predicted octanol–water partition coefficient (Wildman–Crippen LogP) is 3.44. The maximum absolute atomic E-state index is 12.1. The van der Waals surface area contributed by atoms with Crippen molar-refractivity contribution in [2.75, 3.05) is 20.3 Å². The minimum Gasteiger partial charge on any atom is -0.383 e. The fourth-order valence-electron chi connectivity index (χ4n) is 1.30. The maximum atomic E-state index is 12.1. The molecule has 4 nitrogen and oxygen atoms in total. The van der Waals surface area contributed by atoms with Crippen molar-refractivity contribution in [1.82, 2.24) is 4.72 Å². The molecule has 0 aliphatic rings. The molecule has 1 rings (SSSR count). The van der Waals surface area contributed by atoms with Gasteiger partial charge in [0.05, 0.1) is 21.5 Å². The van der Waals surface area contributed by atoms with Gasteiger partial charge in [0, 0.05) is 18.1 Å². The number of alkyl halides is 1. The van der Waals surface area contributed by atoms with E-state index >= 15 is 0 Å². The molecule has 1 aromatic carbocycles. The lowest BCUT2D eigenvalue weighted by molar-refractivity contribution is 0.201. The summed E-state index contributed by atoms with van der Waals surface area (Å²) in [4.78, 5) is -0.267. The third-order valence-electron chi connectivity index (χ3n) is 2.07. The van der Waals surface area contributed by atoms with Crippen molar-refractivity contribution in [3.63, 3.8) is 0 Å². The standard InChI is InChI=1S/C10H11Br2Cl2NO3S/c1-18-5-7(12)4-15-19(16,17)10-8(13)2-6(11)3-9(10)14/h2-3,7,15H,4-5H2,1H3. The van der Waals surface area contributed by atoms with E-state index in [0.29, 0.717) is 11.1 Å². The summed E-state index contributed by atoms with van der Waals surface area (Å²) in [5.74, 6) is 0. The molecule has 108 valence electrons. The van der Waals surface area contributed by atoms with E-state index in [1.54, 1.807) is 0 Å². The molecule has 0 saturated carbocycles. The van der Waals surface area contributed by atoms with Crippen LogP contribution in [0.5, 0.6) is 0 Å². The van der Waals surface area contributed by atoms with E-state index in [0.717, 1.165) is 0 Å². The van der Waals surface area contributed by atoms with Gasteiger partial charge in [0.2, 0.25) is 10.0 Å². The van der Waals surface area contributed by atoms with E-state index in [1.165, 1.54) is 19.2 Å². The molecule has 0 bridgehead atoms. The molecule has 0 amide bonds. The van der Waals surface area contributed by atoms with Gasteiger partial charge in [0.25, 0.3) is 0 Å². The number of methoxy groups -OCH3 is 1. The zero-order valence-electron chi connectivity index (χ0n) is 9.79. The Hall–Kier alpha value is 0.630. The third-order valence-corrected chi connectivity index (χ3v) is 5.46. The average molecular weight is 456 g/mol. The van der Waals surface area contributed by atoms with E-state index < -0.39 is 10.0 Å². The summed E-state index contributed by atoms with van der Waals surface area (Å²) in [6, 6.07) is 2.95. The molecule has 1 atom stereocenters. The van der Waals surface area contributed by atoms with Crippen LogP contribution in [0.15, 0.2) is 21.5 Å². The molecule has 0 fully saturated rings. The zero-order valence-corrected chi connectivity index (χ0v) is 15.3. The largest absolute Gasteiger partial charge is 0.383 e. The number of benzene rings is 1. The number of rotatable bonds is 6. The first kappa shape index (κ1) is 17.7. The number of sulfonamides is 1. The van der Waals surface area contributed by atoms with E-state index in [1.807, 2.05) is 0 Å². The third kappa shape index (κ3) is 5.15. The predicted molar refractivity (Wildman–Crippen MR) is 83.9 cm³/mol. The molecular formula is C10H11Br2Cl2NO3S. The van der Waals surface area contributed by atoms with Crippen LogP contribution in [0.1, 0.15) is 0 Å². The highest BCUT2D eigenvalue weighted by Gasteiger charge is 2.23. The van der Waals surface area contributed by atoms with Crippen LogP contribution >= 0.6 is 55.1 Å². The van der Waals surface area contributed by atoms with Gasteiger partial charge in [0.1, 0.15) is 4.90 Å². The molecule has 0 aliphatic heterocycles. The van der Waals surface area contributed by atoms with Crippen LogP contribution in [-0.2, 0) is 14.8 Å². The molecule has 0 saturated heterocycles. The summed E-state index contributed by atoms with van der Waals surface area (Å²) in [6.45, 7) is 0.545. The van der Waals surface area contributed by atoms with Gasteiger partial charge in [-0.05, 0) is 12.1 Å². The Balaban J connectivity index is 2.95. The summed E-state index contributed by atoms with van der Waals surface area (Å²) >= 11 is 18.3. The highest BCUT2D eigenvalue weighted by atomic mass is 79.9. The molecule has 1 unspecified atom stereocenters. The van der Waals surface area contributed by atoms with E-state index in [9.17, 15) is 8.42 Å². The van der Waals surface area contributed by atoms with Crippen molar-refractivity contribution >= 4 is 65.1 Å². The second-order valence-electron chi connectivity index (χ2n) is 3.60. The van der Waals surface area contributed by atoms with E-state index in [-0.39, 0.29) is 26.3 Å². The number of nitrogens with one attached hydrogen (secondary N) is 1. The lowest BCUT2D eigenvalue weighted by Gasteiger charge is -2.13. The zero-order chi connectivity index (χ0) is 14.6. The van der Waals surface area contributed by atoms with Gasteiger partial charge in [0.15, 0.2) is 0 Å². The number of hydrogen-bond donors (Lipinski definition) is 1. The summed E-state index contributed by atoms with van der Waals surface area (Å²) in [5, 5.41) is 0.120. The fourth-order valence-corrected chi connectivity index (χ4v) is 4.95. The molecule has 9 heteroatoms. The van der Waals surface area contributed by atoms with Crippen molar-refractivity contribution in [1.29, 1.82) is 0 Å². The first-order valence-corrected chi connectivity index (χ1v) is 9.00. The second-order valence-corrected chi connectivity index (χ2v) is 8.33. The summed E-state index contributed by atoms with van der Waals surface area (Å²) in [6.07, 6.45) is 0. The molecule has 0 heterocycles.